The van der Waals surface area contributed by atoms with Crippen molar-refractivity contribution in [1.82, 2.24) is 15.4 Å². The first-order valence-corrected chi connectivity index (χ1v) is 12.3. The Kier molecular flexibility index (Phi) is 6.66. The van der Waals surface area contributed by atoms with Gasteiger partial charge in [0.1, 0.15) is 17.1 Å². The molecule has 1 aromatic carbocycles. The van der Waals surface area contributed by atoms with E-state index >= 15 is 0 Å². The zero-order valence-electron chi connectivity index (χ0n) is 18.3. The smallest absolute Gasteiger partial charge is 0.352 e. The lowest BCUT2D eigenvalue weighted by Crippen LogP contribution is -2.70. The van der Waals surface area contributed by atoms with Crippen LogP contribution in [0.1, 0.15) is 22.6 Å². The average molecular weight is 486 g/mol. The minimum absolute atomic E-state index is 0.0636. The summed E-state index contributed by atoms with van der Waals surface area (Å²) in [5.74, 6) is -0.796. The van der Waals surface area contributed by atoms with Gasteiger partial charge in [0.05, 0.1) is 11.4 Å². The summed E-state index contributed by atoms with van der Waals surface area (Å²) < 4.78 is 5.12. The Labute approximate surface area is 199 Å². The van der Waals surface area contributed by atoms with Crippen molar-refractivity contribution in [3.8, 4) is 0 Å². The second kappa shape index (κ2) is 9.48. The number of aryl methyl sites for hydroxylation is 3. The van der Waals surface area contributed by atoms with Crippen LogP contribution in [0.25, 0.3) is 6.08 Å². The summed E-state index contributed by atoms with van der Waals surface area (Å²) in [6.45, 7) is 5.79. The van der Waals surface area contributed by atoms with Crippen LogP contribution in [0.15, 0.2) is 51.0 Å². The number of allylic oxidation sites excluding steroid dienone is 1. The van der Waals surface area contributed by atoms with Gasteiger partial charge in [0.25, 0.3) is 5.91 Å². The summed E-state index contributed by atoms with van der Waals surface area (Å²) in [7, 11) is 0. The number of thioether (sulfide) groups is 2. The van der Waals surface area contributed by atoms with Gasteiger partial charge in [-0.15, -0.1) is 23.5 Å². The van der Waals surface area contributed by atoms with Gasteiger partial charge < -0.3 is 14.9 Å². The normalized spacial score (nSPS) is 20.1. The van der Waals surface area contributed by atoms with E-state index in [2.05, 4.69) is 16.5 Å². The number of nitrogens with one attached hydrogen (secondary N) is 1. The van der Waals surface area contributed by atoms with E-state index in [4.69, 9.17) is 4.52 Å². The Morgan fingerprint density at radius 3 is 2.61 bits per heavy atom. The first-order chi connectivity index (χ1) is 15.7. The van der Waals surface area contributed by atoms with Gasteiger partial charge in [-0.25, -0.2) is 4.79 Å². The number of carboxylic acids is 1. The molecule has 33 heavy (non-hydrogen) atoms. The molecule has 2 aliphatic rings. The maximum Gasteiger partial charge on any atom is 0.352 e. The fourth-order valence-corrected chi connectivity index (χ4v) is 6.03. The Balaban J connectivity index is 1.41. The van der Waals surface area contributed by atoms with Crippen LogP contribution in [0.5, 0.6) is 0 Å². The summed E-state index contributed by atoms with van der Waals surface area (Å²) in [6.07, 6.45) is 3.26. The number of carboxylic acid groups (broad SMARTS) is 1. The maximum absolute atomic E-state index is 12.8. The zero-order chi connectivity index (χ0) is 23.7. The van der Waals surface area contributed by atoms with Crippen molar-refractivity contribution in [3.63, 3.8) is 0 Å². The van der Waals surface area contributed by atoms with Gasteiger partial charge in [-0.2, -0.15) is 0 Å². The van der Waals surface area contributed by atoms with E-state index in [0.717, 1.165) is 16.0 Å². The van der Waals surface area contributed by atoms with E-state index in [1.54, 1.807) is 25.1 Å². The van der Waals surface area contributed by atoms with Crippen molar-refractivity contribution in [2.75, 3.05) is 11.5 Å². The van der Waals surface area contributed by atoms with Crippen molar-refractivity contribution in [2.24, 2.45) is 0 Å². The topological polar surface area (TPSA) is 113 Å². The Morgan fingerprint density at radius 2 is 1.97 bits per heavy atom. The maximum atomic E-state index is 12.8. The molecule has 10 heteroatoms. The van der Waals surface area contributed by atoms with Crippen LogP contribution in [-0.4, -0.2) is 55.9 Å². The predicted octanol–water partition coefficient (Wildman–Crippen LogP) is 3.14. The van der Waals surface area contributed by atoms with Crippen molar-refractivity contribution in [1.29, 1.82) is 0 Å². The number of amides is 2. The van der Waals surface area contributed by atoms with Crippen molar-refractivity contribution < 1.29 is 24.0 Å². The van der Waals surface area contributed by atoms with Crippen LogP contribution in [0, 0.1) is 20.8 Å². The lowest BCUT2D eigenvalue weighted by molar-refractivity contribution is -0.150. The highest BCUT2D eigenvalue weighted by atomic mass is 32.2. The molecule has 2 N–H and O–H groups in total. The van der Waals surface area contributed by atoms with E-state index in [1.165, 1.54) is 28.4 Å². The molecule has 2 aliphatic heterocycles. The molecule has 0 aliphatic carbocycles. The van der Waals surface area contributed by atoms with Crippen LogP contribution < -0.4 is 5.32 Å². The summed E-state index contributed by atoms with van der Waals surface area (Å²) >= 11 is 2.83. The Bertz CT molecular complexity index is 1170. The molecule has 0 spiro atoms. The number of rotatable bonds is 7. The SMILES string of the molecule is Cc1cc(C)cc(SCC(=O)N[C@@H]2C(=O)N3C(C(=O)O)=C(/C=C/c4cc(C)no4)CS[C@H]23)c1. The van der Waals surface area contributed by atoms with Crippen LogP contribution in [0.4, 0.5) is 0 Å². The molecule has 2 amide bonds. The molecule has 3 heterocycles. The van der Waals surface area contributed by atoms with Gasteiger partial charge in [0, 0.05) is 16.7 Å². The molecular weight excluding hydrogens is 462 g/mol. The number of fused-ring (bicyclic) bond motifs is 1. The molecule has 0 unspecified atom stereocenters. The summed E-state index contributed by atoms with van der Waals surface area (Å²) in [6, 6.07) is 7.08. The van der Waals surface area contributed by atoms with Gasteiger partial charge in [0.15, 0.2) is 5.76 Å². The largest absolute Gasteiger partial charge is 0.477 e. The van der Waals surface area contributed by atoms with Crippen LogP contribution in [0.3, 0.4) is 0 Å². The molecule has 4 rings (SSSR count). The number of benzene rings is 1. The molecule has 1 fully saturated rings. The molecule has 1 aromatic heterocycles. The quantitative estimate of drug-likeness (QED) is 0.454. The van der Waals surface area contributed by atoms with E-state index in [1.807, 2.05) is 26.0 Å². The molecule has 0 saturated carbocycles. The second-order valence-electron chi connectivity index (χ2n) is 7.95. The fourth-order valence-electron chi connectivity index (χ4n) is 3.80. The second-order valence-corrected chi connectivity index (χ2v) is 10.1. The van der Waals surface area contributed by atoms with E-state index in [-0.39, 0.29) is 17.4 Å². The van der Waals surface area contributed by atoms with Gasteiger partial charge in [-0.05, 0) is 55.7 Å². The van der Waals surface area contributed by atoms with Crippen LogP contribution in [-0.2, 0) is 14.4 Å². The molecule has 8 nitrogen and oxygen atoms in total. The number of carbonyl (C=O) groups is 3. The van der Waals surface area contributed by atoms with Gasteiger partial charge in [0.2, 0.25) is 5.91 Å². The minimum Gasteiger partial charge on any atom is -0.477 e. The number of aliphatic carboxylic acids is 1. The molecule has 2 atom stereocenters. The van der Waals surface area contributed by atoms with Gasteiger partial charge >= 0.3 is 5.97 Å². The number of hydrogen-bond acceptors (Lipinski definition) is 7. The standard InChI is InChI=1S/C23H23N3O5S2/c1-12-6-13(2)8-17(7-12)32-11-18(27)24-19-21(28)26-20(23(29)30)15(10-33-22(19)26)4-5-16-9-14(3)25-31-16/h4-9,19,22H,10-11H2,1-3H3,(H,24,27)(H,29,30)/b5-4+/t19-,22-/m1/s1. The molecule has 2 aromatic rings. The average Bonchev–Trinajstić information content (AvgIpc) is 3.18. The Morgan fingerprint density at radius 1 is 1.24 bits per heavy atom. The number of carbonyl (C=O) groups excluding carboxylic acids is 2. The Hall–Kier alpha value is -2.98. The number of nitrogens with zero attached hydrogens (tertiary/aromatic N) is 2. The number of aromatic nitrogens is 1. The highest BCUT2D eigenvalue weighted by molar-refractivity contribution is 8.00. The third kappa shape index (κ3) is 5.01. The van der Waals surface area contributed by atoms with Crippen LogP contribution >= 0.6 is 23.5 Å². The third-order valence-corrected chi connectivity index (χ3v) is 7.45. The first kappa shape index (κ1) is 23.2. The minimum atomic E-state index is -1.18. The predicted molar refractivity (Wildman–Crippen MR) is 127 cm³/mol. The van der Waals surface area contributed by atoms with Crippen molar-refractivity contribution >= 4 is 47.4 Å². The highest BCUT2D eigenvalue weighted by Gasteiger charge is 2.53. The number of hydrogen-bond donors (Lipinski definition) is 2. The lowest BCUT2D eigenvalue weighted by atomic mass is 10.0. The van der Waals surface area contributed by atoms with Gasteiger partial charge in [-0.1, -0.05) is 17.3 Å². The highest BCUT2D eigenvalue weighted by Crippen LogP contribution is 2.40. The van der Waals surface area contributed by atoms with E-state index in [0.29, 0.717) is 22.8 Å². The summed E-state index contributed by atoms with van der Waals surface area (Å²) in [5, 5.41) is 15.9. The molecule has 0 bridgehead atoms. The van der Waals surface area contributed by atoms with Crippen molar-refractivity contribution in [2.45, 2.75) is 37.1 Å². The number of β-lactam (4-membered cyclic amide) rings is 1. The first-order valence-electron chi connectivity index (χ1n) is 10.3. The van der Waals surface area contributed by atoms with Crippen LogP contribution in [0.2, 0.25) is 0 Å². The van der Waals surface area contributed by atoms with Crippen molar-refractivity contribution in [3.05, 3.63) is 64.2 Å². The molecule has 0 radical (unpaired) electrons. The molecule has 172 valence electrons. The molecule has 1 saturated heterocycles. The van der Waals surface area contributed by atoms with E-state index in [9.17, 15) is 19.5 Å². The third-order valence-electron chi connectivity index (χ3n) is 5.18. The summed E-state index contributed by atoms with van der Waals surface area (Å²) in [5.41, 5.74) is 3.40. The summed E-state index contributed by atoms with van der Waals surface area (Å²) in [4.78, 5) is 39.4. The zero-order valence-corrected chi connectivity index (χ0v) is 20.0. The molecular formula is C23H23N3O5S2. The monoisotopic (exact) mass is 485 g/mol. The lowest BCUT2D eigenvalue weighted by Gasteiger charge is -2.49. The van der Waals surface area contributed by atoms with E-state index < -0.39 is 23.3 Å². The fraction of sp³-hybridized carbons (Fsp3) is 0.304. The van der Waals surface area contributed by atoms with Gasteiger partial charge in [-0.3, -0.25) is 14.5 Å².